The number of para-hydroxylation sites is 1. The molecule has 2 heterocycles. The highest BCUT2D eigenvalue weighted by molar-refractivity contribution is 5.87. The minimum absolute atomic E-state index is 0.0580. The lowest BCUT2D eigenvalue weighted by atomic mass is 9.99. The fourth-order valence-electron chi connectivity index (χ4n) is 2.28. The van der Waals surface area contributed by atoms with E-state index >= 15 is 0 Å². The average molecular weight is 236 g/mol. The number of fused-ring (bicyclic) bond motifs is 1. The molecule has 1 N–H and O–H groups in total. The summed E-state index contributed by atoms with van der Waals surface area (Å²) in [5.74, 6) is 0. The van der Waals surface area contributed by atoms with Crippen LogP contribution >= 0.6 is 0 Å². The van der Waals surface area contributed by atoms with Crippen LogP contribution in [0.4, 0.5) is 0 Å². The summed E-state index contributed by atoms with van der Waals surface area (Å²) in [5, 5.41) is 1.07. The number of nitrogens with zero attached hydrogens (tertiary/aromatic N) is 1. The van der Waals surface area contributed by atoms with Gasteiger partial charge in [0.25, 0.3) is 5.56 Å². The molecule has 3 rings (SSSR count). The number of aromatic nitrogens is 2. The molecule has 3 nitrogen and oxygen atoms in total. The molecule has 3 aromatic rings. The van der Waals surface area contributed by atoms with Crippen LogP contribution in [-0.4, -0.2) is 9.97 Å². The second-order valence-corrected chi connectivity index (χ2v) is 4.24. The van der Waals surface area contributed by atoms with Crippen LogP contribution in [0, 0.1) is 6.92 Å². The number of pyridine rings is 2. The minimum Gasteiger partial charge on any atom is -0.321 e. The van der Waals surface area contributed by atoms with Gasteiger partial charge in [0.15, 0.2) is 0 Å². The van der Waals surface area contributed by atoms with Crippen molar-refractivity contribution in [3.8, 4) is 11.1 Å². The lowest BCUT2D eigenvalue weighted by Gasteiger charge is -2.08. The fraction of sp³-hybridized carbons (Fsp3) is 0.0667. The van der Waals surface area contributed by atoms with Gasteiger partial charge in [0.1, 0.15) is 0 Å². The lowest BCUT2D eigenvalue weighted by Crippen LogP contribution is -2.11. The van der Waals surface area contributed by atoms with E-state index in [-0.39, 0.29) is 5.56 Å². The predicted molar refractivity (Wildman–Crippen MR) is 72.5 cm³/mol. The highest BCUT2D eigenvalue weighted by atomic mass is 16.1. The largest absolute Gasteiger partial charge is 0.321 e. The Morgan fingerprint density at radius 3 is 2.56 bits per heavy atom. The Kier molecular flexibility index (Phi) is 2.45. The third-order valence-corrected chi connectivity index (χ3v) is 3.15. The lowest BCUT2D eigenvalue weighted by molar-refractivity contribution is 1.26. The van der Waals surface area contributed by atoms with Gasteiger partial charge in [-0.05, 0) is 36.2 Å². The molecule has 0 aliphatic rings. The molecule has 0 aliphatic carbocycles. The summed E-state index contributed by atoms with van der Waals surface area (Å²) >= 11 is 0. The van der Waals surface area contributed by atoms with Gasteiger partial charge in [-0.3, -0.25) is 9.78 Å². The molecule has 88 valence electrons. The molecule has 2 aromatic heterocycles. The molecule has 0 unspecified atom stereocenters. The number of hydrogen-bond acceptors (Lipinski definition) is 2. The molecule has 0 radical (unpaired) electrons. The molecule has 0 amide bonds. The van der Waals surface area contributed by atoms with E-state index in [0.717, 1.165) is 27.6 Å². The van der Waals surface area contributed by atoms with E-state index in [4.69, 9.17) is 0 Å². The van der Waals surface area contributed by atoms with Gasteiger partial charge in [-0.15, -0.1) is 0 Å². The number of hydrogen-bond donors (Lipinski definition) is 1. The second kappa shape index (κ2) is 4.11. The van der Waals surface area contributed by atoms with E-state index in [0.29, 0.717) is 0 Å². The monoisotopic (exact) mass is 236 g/mol. The van der Waals surface area contributed by atoms with Gasteiger partial charge in [0.05, 0.1) is 5.56 Å². The van der Waals surface area contributed by atoms with Gasteiger partial charge in [-0.25, -0.2) is 0 Å². The highest BCUT2D eigenvalue weighted by Gasteiger charge is 2.10. The van der Waals surface area contributed by atoms with Crippen molar-refractivity contribution in [2.24, 2.45) is 0 Å². The smallest absolute Gasteiger partial charge is 0.256 e. The first kappa shape index (κ1) is 10.7. The fourth-order valence-corrected chi connectivity index (χ4v) is 2.28. The first-order valence-electron chi connectivity index (χ1n) is 5.79. The third-order valence-electron chi connectivity index (χ3n) is 3.15. The maximum Gasteiger partial charge on any atom is 0.256 e. The molecule has 0 fully saturated rings. The Morgan fingerprint density at radius 2 is 1.78 bits per heavy atom. The van der Waals surface area contributed by atoms with Gasteiger partial charge < -0.3 is 4.98 Å². The zero-order chi connectivity index (χ0) is 12.5. The van der Waals surface area contributed by atoms with Crippen molar-refractivity contribution in [2.75, 3.05) is 0 Å². The summed E-state index contributed by atoms with van der Waals surface area (Å²) in [6.45, 7) is 1.98. The van der Waals surface area contributed by atoms with Crippen LogP contribution in [0.2, 0.25) is 0 Å². The minimum atomic E-state index is -0.0580. The summed E-state index contributed by atoms with van der Waals surface area (Å²) in [7, 11) is 0. The van der Waals surface area contributed by atoms with Crippen molar-refractivity contribution in [1.82, 2.24) is 9.97 Å². The first-order valence-corrected chi connectivity index (χ1v) is 5.79. The van der Waals surface area contributed by atoms with E-state index in [9.17, 15) is 4.79 Å². The maximum absolute atomic E-state index is 12.2. The highest BCUT2D eigenvalue weighted by Crippen LogP contribution is 2.24. The van der Waals surface area contributed by atoms with Crippen molar-refractivity contribution in [2.45, 2.75) is 6.92 Å². The topological polar surface area (TPSA) is 45.8 Å². The molecule has 0 spiro atoms. The van der Waals surface area contributed by atoms with Gasteiger partial charge >= 0.3 is 0 Å². The summed E-state index contributed by atoms with van der Waals surface area (Å²) in [4.78, 5) is 19.1. The van der Waals surface area contributed by atoms with Gasteiger partial charge in [-0.1, -0.05) is 18.2 Å². The van der Waals surface area contributed by atoms with Crippen LogP contribution < -0.4 is 5.56 Å². The summed E-state index contributed by atoms with van der Waals surface area (Å²) in [6.07, 6.45) is 3.40. The van der Waals surface area contributed by atoms with Crippen LogP contribution in [0.5, 0.6) is 0 Å². The number of aryl methyl sites for hydroxylation is 1. The van der Waals surface area contributed by atoms with E-state index in [1.807, 2.05) is 43.3 Å². The van der Waals surface area contributed by atoms with Crippen LogP contribution in [0.25, 0.3) is 22.0 Å². The molecule has 0 aliphatic heterocycles. The average Bonchev–Trinajstić information content (AvgIpc) is 2.40. The first-order chi connectivity index (χ1) is 8.77. The Balaban J connectivity index is 2.41. The van der Waals surface area contributed by atoms with Crippen molar-refractivity contribution < 1.29 is 0 Å². The van der Waals surface area contributed by atoms with Crippen LogP contribution in [0.15, 0.2) is 53.6 Å². The summed E-state index contributed by atoms with van der Waals surface area (Å²) in [5.41, 5.74) is 3.43. The van der Waals surface area contributed by atoms with E-state index in [1.54, 1.807) is 12.4 Å². The molecule has 0 saturated heterocycles. The molecular formula is C15H12N2O. The van der Waals surface area contributed by atoms with Crippen molar-refractivity contribution in [1.29, 1.82) is 0 Å². The van der Waals surface area contributed by atoms with Crippen LogP contribution in [0.1, 0.15) is 5.56 Å². The van der Waals surface area contributed by atoms with Gasteiger partial charge in [0, 0.05) is 23.3 Å². The number of rotatable bonds is 1. The Hall–Kier alpha value is -2.42. The van der Waals surface area contributed by atoms with E-state index < -0.39 is 0 Å². The predicted octanol–water partition coefficient (Wildman–Crippen LogP) is 2.90. The Morgan fingerprint density at radius 1 is 1.06 bits per heavy atom. The molecule has 1 aromatic carbocycles. The molecular weight excluding hydrogens is 224 g/mol. The second-order valence-electron chi connectivity index (χ2n) is 4.24. The quantitative estimate of drug-likeness (QED) is 0.706. The maximum atomic E-state index is 12.2. The van der Waals surface area contributed by atoms with Crippen molar-refractivity contribution >= 4 is 10.9 Å². The molecule has 0 atom stereocenters. The van der Waals surface area contributed by atoms with Crippen LogP contribution in [-0.2, 0) is 0 Å². The SMILES string of the molecule is Cc1c(-c2ccncc2)c(=O)[nH]c2ccccc12. The molecule has 0 bridgehead atoms. The number of benzene rings is 1. The van der Waals surface area contributed by atoms with Crippen LogP contribution in [0.3, 0.4) is 0 Å². The normalized spacial score (nSPS) is 10.7. The Labute approximate surface area is 104 Å². The zero-order valence-electron chi connectivity index (χ0n) is 9.97. The van der Waals surface area contributed by atoms with E-state index in [1.165, 1.54) is 0 Å². The molecule has 18 heavy (non-hydrogen) atoms. The number of nitrogens with one attached hydrogen (secondary N) is 1. The summed E-state index contributed by atoms with van der Waals surface area (Å²) < 4.78 is 0. The van der Waals surface area contributed by atoms with Gasteiger partial charge in [0.2, 0.25) is 0 Å². The van der Waals surface area contributed by atoms with Gasteiger partial charge in [-0.2, -0.15) is 0 Å². The zero-order valence-corrected chi connectivity index (χ0v) is 9.97. The molecule has 3 heteroatoms. The standard InChI is InChI=1S/C15H12N2O/c1-10-12-4-2-3-5-13(12)17-15(18)14(10)11-6-8-16-9-7-11/h2-9H,1H3,(H,17,18). The van der Waals surface area contributed by atoms with E-state index in [2.05, 4.69) is 9.97 Å². The van der Waals surface area contributed by atoms with Crippen molar-refractivity contribution in [3.05, 3.63) is 64.7 Å². The number of H-pyrrole nitrogens is 1. The number of aromatic amines is 1. The summed E-state index contributed by atoms with van der Waals surface area (Å²) in [6, 6.07) is 11.5. The molecule has 0 saturated carbocycles. The van der Waals surface area contributed by atoms with Crippen molar-refractivity contribution in [3.63, 3.8) is 0 Å². The third kappa shape index (κ3) is 1.61. The Bertz CT molecular complexity index is 760.